The molecule has 2 heterocycles. The number of hydrogen-bond acceptors (Lipinski definition) is 5. The summed E-state index contributed by atoms with van der Waals surface area (Å²) in [5.74, 6) is 1.67. The molecule has 0 saturated carbocycles. The van der Waals surface area contributed by atoms with Crippen LogP contribution in [0.2, 0.25) is 0 Å². The second-order valence-corrected chi connectivity index (χ2v) is 7.21. The largest absolute Gasteiger partial charge is 0.508 e. The highest BCUT2D eigenvalue weighted by Gasteiger charge is 2.24. The van der Waals surface area contributed by atoms with E-state index >= 15 is 0 Å². The maximum absolute atomic E-state index is 9.66. The van der Waals surface area contributed by atoms with Gasteiger partial charge in [-0.15, -0.1) is 0 Å². The van der Waals surface area contributed by atoms with Gasteiger partial charge in [0.25, 0.3) is 0 Å². The minimum atomic E-state index is 0.340. The van der Waals surface area contributed by atoms with Crippen molar-refractivity contribution in [3.8, 4) is 17.1 Å². The zero-order chi connectivity index (χ0) is 18.5. The summed E-state index contributed by atoms with van der Waals surface area (Å²) >= 11 is 0. The zero-order valence-corrected chi connectivity index (χ0v) is 15.4. The quantitative estimate of drug-likeness (QED) is 0.702. The SMILES string of the molecule is Oc1cccc(CCC2CCCCN2Cc2nc(-c3ccccc3)no2)c1. The molecule has 1 aromatic heterocycles. The van der Waals surface area contributed by atoms with Gasteiger partial charge in [0.15, 0.2) is 0 Å². The fourth-order valence-corrected chi connectivity index (χ4v) is 3.84. The van der Waals surface area contributed by atoms with Crippen molar-refractivity contribution >= 4 is 0 Å². The number of aromatic hydroxyl groups is 1. The van der Waals surface area contributed by atoms with Crippen molar-refractivity contribution in [1.82, 2.24) is 15.0 Å². The third-order valence-corrected chi connectivity index (χ3v) is 5.26. The van der Waals surface area contributed by atoms with Crippen molar-refractivity contribution in [2.75, 3.05) is 6.54 Å². The van der Waals surface area contributed by atoms with Gasteiger partial charge in [0, 0.05) is 11.6 Å². The summed E-state index contributed by atoms with van der Waals surface area (Å²) in [6, 6.07) is 18.0. The van der Waals surface area contributed by atoms with Gasteiger partial charge < -0.3 is 9.63 Å². The normalized spacial score (nSPS) is 17.9. The predicted octanol–water partition coefficient (Wildman–Crippen LogP) is 4.43. The van der Waals surface area contributed by atoms with Crippen LogP contribution in [0.4, 0.5) is 0 Å². The lowest BCUT2D eigenvalue weighted by Crippen LogP contribution is -2.39. The second-order valence-electron chi connectivity index (χ2n) is 7.21. The van der Waals surface area contributed by atoms with Crippen LogP contribution in [0.25, 0.3) is 11.4 Å². The first-order valence-corrected chi connectivity index (χ1v) is 9.68. The summed E-state index contributed by atoms with van der Waals surface area (Å²) in [6.45, 7) is 1.76. The Bertz CT molecular complexity index is 863. The minimum absolute atomic E-state index is 0.340. The Hall–Kier alpha value is -2.66. The molecule has 5 nitrogen and oxygen atoms in total. The van der Waals surface area contributed by atoms with Gasteiger partial charge in [-0.25, -0.2) is 0 Å². The van der Waals surface area contributed by atoms with Gasteiger partial charge in [0.2, 0.25) is 11.7 Å². The first-order chi connectivity index (χ1) is 13.3. The van der Waals surface area contributed by atoms with Gasteiger partial charge in [-0.3, -0.25) is 4.90 Å². The van der Waals surface area contributed by atoms with Crippen molar-refractivity contribution < 1.29 is 9.63 Å². The van der Waals surface area contributed by atoms with E-state index in [4.69, 9.17) is 4.52 Å². The van der Waals surface area contributed by atoms with Crippen molar-refractivity contribution in [2.24, 2.45) is 0 Å². The number of piperidine rings is 1. The molecule has 1 aliphatic heterocycles. The summed E-state index contributed by atoms with van der Waals surface area (Å²) in [5, 5.41) is 13.8. The van der Waals surface area contributed by atoms with Crippen LogP contribution in [0.1, 0.15) is 37.1 Å². The van der Waals surface area contributed by atoms with E-state index < -0.39 is 0 Å². The summed E-state index contributed by atoms with van der Waals surface area (Å²) in [6.07, 6.45) is 5.71. The van der Waals surface area contributed by atoms with Gasteiger partial charge in [-0.2, -0.15) is 4.98 Å². The molecule has 1 aliphatic rings. The van der Waals surface area contributed by atoms with E-state index in [0.29, 0.717) is 30.1 Å². The highest BCUT2D eigenvalue weighted by atomic mass is 16.5. The first-order valence-electron chi connectivity index (χ1n) is 9.68. The summed E-state index contributed by atoms with van der Waals surface area (Å²) in [5.41, 5.74) is 2.16. The smallest absolute Gasteiger partial charge is 0.241 e. The number of phenols is 1. The molecular weight excluding hydrogens is 338 g/mol. The molecule has 1 saturated heterocycles. The lowest BCUT2D eigenvalue weighted by molar-refractivity contribution is 0.117. The molecule has 2 aromatic carbocycles. The number of likely N-dealkylation sites (tertiary alicyclic amines) is 1. The molecule has 1 unspecified atom stereocenters. The van der Waals surface area contributed by atoms with Crippen LogP contribution in [0.15, 0.2) is 59.1 Å². The Balaban J connectivity index is 1.40. The maximum atomic E-state index is 9.66. The summed E-state index contributed by atoms with van der Waals surface area (Å²) < 4.78 is 5.51. The maximum Gasteiger partial charge on any atom is 0.241 e. The molecule has 4 rings (SSSR count). The van der Waals surface area contributed by atoms with Crippen LogP contribution in [0, 0.1) is 0 Å². The number of aromatic nitrogens is 2. The van der Waals surface area contributed by atoms with Crippen LogP contribution < -0.4 is 0 Å². The average molecular weight is 363 g/mol. The molecule has 0 spiro atoms. The molecule has 1 N–H and O–H groups in total. The van der Waals surface area contributed by atoms with Gasteiger partial charge in [0.05, 0.1) is 6.54 Å². The molecule has 1 fully saturated rings. The standard InChI is InChI=1S/C22H25N3O2/c26-20-11-6-7-17(15-20)12-13-19-10-4-5-14-25(19)16-21-23-22(24-27-21)18-8-2-1-3-9-18/h1-3,6-9,11,15,19,26H,4-5,10,12-14,16H2. The average Bonchev–Trinajstić information content (AvgIpc) is 3.17. The van der Waals surface area contributed by atoms with Crippen molar-refractivity contribution in [2.45, 2.75) is 44.7 Å². The molecule has 3 aromatic rings. The van der Waals surface area contributed by atoms with Crippen LogP contribution >= 0.6 is 0 Å². The second kappa shape index (κ2) is 8.35. The highest BCUT2D eigenvalue weighted by Crippen LogP contribution is 2.24. The third-order valence-electron chi connectivity index (χ3n) is 5.26. The molecule has 0 bridgehead atoms. The molecule has 140 valence electrons. The molecular formula is C22H25N3O2. The van der Waals surface area contributed by atoms with Crippen LogP contribution in [0.3, 0.4) is 0 Å². The van der Waals surface area contributed by atoms with Gasteiger partial charge in [-0.05, 0) is 49.9 Å². The number of aryl methyl sites for hydroxylation is 1. The Morgan fingerprint density at radius 1 is 1.07 bits per heavy atom. The third kappa shape index (κ3) is 4.55. The van der Waals surface area contributed by atoms with Crippen LogP contribution in [0.5, 0.6) is 5.75 Å². The van der Waals surface area contributed by atoms with Gasteiger partial charge >= 0.3 is 0 Å². The Morgan fingerprint density at radius 3 is 2.81 bits per heavy atom. The predicted molar refractivity (Wildman–Crippen MR) is 104 cm³/mol. The molecule has 0 amide bonds. The van der Waals surface area contributed by atoms with Gasteiger partial charge in [0.1, 0.15) is 5.75 Å². The van der Waals surface area contributed by atoms with Gasteiger partial charge in [-0.1, -0.05) is 54.0 Å². The van der Waals surface area contributed by atoms with E-state index in [2.05, 4.69) is 21.1 Å². The number of rotatable bonds is 6. The summed E-state index contributed by atoms with van der Waals surface area (Å²) in [4.78, 5) is 7.05. The lowest BCUT2D eigenvalue weighted by Gasteiger charge is -2.34. The topological polar surface area (TPSA) is 62.4 Å². The summed E-state index contributed by atoms with van der Waals surface area (Å²) in [7, 11) is 0. The van der Waals surface area contributed by atoms with E-state index in [1.54, 1.807) is 6.07 Å². The molecule has 5 heteroatoms. The fraction of sp³-hybridized carbons (Fsp3) is 0.364. The van der Waals surface area contributed by atoms with Crippen molar-refractivity contribution in [1.29, 1.82) is 0 Å². The number of benzene rings is 2. The Kier molecular flexibility index (Phi) is 5.49. The number of hydrogen-bond donors (Lipinski definition) is 1. The number of nitrogens with zero attached hydrogens (tertiary/aromatic N) is 3. The molecule has 27 heavy (non-hydrogen) atoms. The lowest BCUT2D eigenvalue weighted by atomic mass is 9.96. The molecule has 0 aliphatic carbocycles. The number of phenolic OH excluding ortho intramolecular Hbond substituents is 1. The highest BCUT2D eigenvalue weighted by molar-refractivity contribution is 5.53. The fourth-order valence-electron chi connectivity index (χ4n) is 3.84. The molecule has 1 atom stereocenters. The monoisotopic (exact) mass is 363 g/mol. The zero-order valence-electron chi connectivity index (χ0n) is 15.4. The van der Waals surface area contributed by atoms with Crippen molar-refractivity contribution in [3.05, 3.63) is 66.1 Å². The Morgan fingerprint density at radius 2 is 1.96 bits per heavy atom. The minimum Gasteiger partial charge on any atom is -0.508 e. The van der Waals surface area contributed by atoms with Crippen LogP contribution in [-0.4, -0.2) is 32.7 Å². The van der Waals surface area contributed by atoms with Crippen molar-refractivity contribution in [3.63, 3.8) is 0 Å². The van der Waals surface area contributed by atoms with E-state index in [0.717, 1.165) is 24.9 Å². The van der Waals surface area contributed by atoms with E-state index in [9.17, 15) is 5.11 Å². The molecule has 0 radical (unpaired) electrons. The first kappa shape index (κ1) is 17.7. The van der Waals surface area contributed by atoms with E-state index in [1.807, 2.05) is 42.5 Å². The Labute approximate surface area is 159 Å². The van der Waals surface area contributed by atoms with E-state index in [-0.39, 0.29) is 0 Å². The van der Waals surface area contributed by atoms with Crippen LogP contribution in [-0.2, 0) is 13.0 Å². The van der Waals surface area contributed by atoms with E-state index in [1.165, 1.54) is 24.8 Å².